The monoisotopic (exact) mass is 263 g/mol. The second kappa shape index (κ2) is 5.55. The van der Waals surface area contributed by atoms with Crippen molar-refractivity contribution in [2.45, 2.75) is 19.4 Å². The maximum absolute atomic E-state index is 6.18. The van der Waals surface area contributed by atoms with Gasteiger partial charge < -0.3 is 5.32 Å². The molecule has 4 heteroatoms. The van der Waals surface area contributed by atoms with Gasteiger partial charge in [0.15, 0.2) is 0 Å². The zero-order chi connectivity index (χ0) is 13.1. The quantitative estimate of drug-likeness (QED) is 0.919. The van der Waals surface area contributed by atoms with Gasteiger partial charge >= 0.3 is 0 Å². The Kier molecular flexibility index (Phi) is 4.04. The summed E-state index contributed by atoms with van der Waals surface area (Å²) in [5.41, 5.74) is 3.60. The standard InChI is InChI=1S/C14H18ClN3/c1-10-12(5-4-6-13(10)15)14(16-2)7-11-8-17-18(3)9-11/h4-6,8-9,14,16H,7H2,1-3H3. The number of hydrogen-bond acceptors (Lipinski definition) is 2. The molecule has 1 atom stereocenters. The Bertz CT molecular complexity index is 534. The van der Waals surface area contributed by atoms with Crippen LogP contribution in [0.4, 0.5) is 0 Å². The molecule has 0 spiro atoms. The maximum atomic E-state index is 6.18. The first-order chi connectivity index (χ1) is 8.61. The van der Waals surface area contributed by atoms with E-state index in [1.807, 2.05) is 43.3 Å². The van der Waals surface area contributed by atoms with Gasteiger partial charge in [0.1, 0.15) is 0 Å². The van der Waals surface area contributed by atoms with Gasteiger partial charge in [-0.25, -0.2) is 0 Å². The summed E-state index contributed by atoms with van der Waals surface area (Å²) < 4.78 is 1.83. The lowest BCUT2D eigenvalue weighted by Gasteiger charge is -2.18. The summed E-state index contributed by atoms with van der Waals surface area (Å²) in [5, 5.41) is 8.37. The summed E-state index contributed by atoms with van der Waals surface area (Å²) in [6, 6.07) is 6.31. The molecule has 2 aromatic rings. The topological polar surface area (TPSA) is 29.9 Å². The fourth-order valence-corrected chi connectivity index (χ4v) is 2.36. The highest BCUT2D eigenvalue weighted by Crippen LogP contribution is 2.26. The van der Waals surface area contributed by atoms with Gasteiger partial charge in [-0.2, -0.15) is 5.10 Å². The van der Waals surface area contributed by atoms with Crippen molar-refractivity contribution < 1.29 is 0 Å². The number of aryl methyl sites for hydroxylation is 1. The van der Waals surface area contributed by atoms with Crippen LogP contribution in [0, 0.1) is 6.92 Å². The molecule has 0 bridgehead atoms. The third-order valence-electron chi connectivity index (χ3n) is 3.23. The van der Waals surface area contributed by atoms with Crippen LogP contribution in [0.5, 0.6) is 0 Å². The number of aromatic nitrogens is 2. The molecule has 1 unspecified atom stereocenters. The molecule has 1 heterocycles. The van der Waals surface area contributed by atoms with Crippen LogP contribution in [0.15, 0.2) is 30.6 Å². The minimum atomic E-state index is 0.257. The fourth-order valence-electron chi connectivity index (χ4n) is 2.18. The first-order valence-corrected chi connectivity index (χ1v) is 6.39. The van der Waals surface area contributed by atoms with E-state index in [1.165, 1.54) is 11.1 Å². The number of likely N-dealkylation sites (N-methyl/N-ethyl adjacent to an activating group) is 1. The SMILES string of the molecule is CNC(Cc1cnn(C)c1)c1cccc(Cl)c1C. The molecule has 18 heavy (non-hydrogen) atoms. The van der Waals surface area contributed by atoms with Gasteiger partial charge in [-0.15, -0.1) is 0 Å². The highest BCUT2D eigenvalue weighted by atomic mass is 35.5. The van der Waals surface area contributed by atoms with E-state index in [0.717, 1.165) is 17.0 Å². The van der Waals surface area contributed by atoms with Gasteiger partial charge in [0.05, 0.1) is 6.20 Å². The fraction of sp³-hybridized carbons (Fsp3) is 0.357. The van der Waals surface area contributed by atoms with E-state index < -0.39 is 0 Å². The van der Waals surface area contributed by atoms with Crippen LogP contribution in [0.2, 0.25) is 5.02 Å². The summed E-state index contributed by atoms with van der Waals surface area (Å²) in [5.74, 6) is 0. The Morgan fingerprint density at radius 1 is 1.44 bits per heavy atom. The van der Waals surface area contributed by atoms with Gasteiger partial charge in [0, 0.05) is 24.3 Å². The van der Waals surface area contributed by atoms with Gasteiger partial charge in [0.25, 0.3) is 0 Å². The zero-order valence-corrected chi connectivity index (χ0v) is 11.7. The predicted octanol–water partition coefficient (Wildman–Crippen LogP) is 2.89. The Balaban J connectivity index is 2.25. The lowest BCUT2D eigenvalue weighted by atomic mass is 9.97. The molecular formula is C14H18ClN3. The number of rotatable bonds is 4. The molecule has 0 saturated carbocycles. The molecular weight excluding hydrogens is 246 g/mol. The first-order valence-electron chi connectivity index (χ1n) is 6.01. The van der Waals surface area contributed by atoms with E-state index >= 15 is 0 Å². The molecule has 1 N–H and O–H groups in total. The molecule has 0 saturated heterocycles. The van der Waals surface area contributed by atoms with Crippen LogP contribution in [0.25, 0.3) is 0 Å². The largest absolute Gasteiger partial charge is 0.313 e. The predicted molar refractivity (Wildman–Crippen MR) is 74.9 cm³/mol. The normalized spacial score (nSPS) is 12.7. The Morgan fingerprint density at radius 2 is 2.22 bits per heavy atom. The zero-order valence-electron chi connectivity index (χ0n) is 10.9. The van der Waals surface area contributed by atoms with Gasteiger partial charge in [-0.3, -0.25) is 4.68 Å². The van der Waals surface area contributed by atoms with Crippen molar-refractivity contribution in [3.63, 3.8) is 0 Å². The lowest BCUT2D eigenvalue weighted by Crippen LogP contribution is -2.19. The average Bonchev–Trinajstić information content (AvgIpc) is 2.76. The van der Waals surface area contributed by atoms with Crippen LogP contribution in [0.1, 0.15) is 22.7 Å². The van der Waals surface area contributed by atoms with Crippen LogP contribution in [-0.2, 0) is 13.5 Å². The smallest absolute Gasteiger partial charge is 0.0522 e. The number of halogens is 1. The number of nitrogens with zero attached hydrogens (tertiary/aromatic N) is 2. The molecule has 0 aliphatic rings. The summed E-state index contributed by atoms with van der Waals surface area (Å²) >= 11 is 6.18. The van der Waals surface area contributed by atoms with E-state index in [1.54, 1.807) is 0 Å². The van der Waals surface area contributed by atoms with Crippen molar-refractivity contribution >= 4 is 11.6 Å². The van der Waals surface area contributed by atoms with Crippen LogP contribution >= 0.6 is 11.6 Å². The lowest BCUT2D eigenvalue weighted by molar-refractivity contribution is 0.588. The minimum absolute atomic E-state index is 0.257. The summed E-state index contributed by atoms with van der Waals surface area (Å²) in [7, 11) is 3.91. The minimum Gasteiger partial charge on any atom is -0.313 e. The average molecular weight is 264 g/mol. The molecule has 96 valence electrons. The van der Waals surface area contributed by atoms with E-state index in [0.29, 0.717) is 0 Å². The van der Waals surface area contributed by atoms with Crippen molar-refractivity contribution in [3.8, 4) is 0 Å². The molecule has 1 aromatic heterocycles. The molecule has 0 aliphatic heterocycles. The van der Waals surface area contributed by atoms with E-state index in [2.05, 4.69) is 23.4 Å². The summed E-state index contributed by atoms with van der Waals surface area (Å²) in [4.78, 5) is 0. The molecule has 0 fully saturated rings. The van der Waals surface area contributed by atoms with Gasteiger partial charge in [-0.1, -0.05) is 23.7 Å². The maximum Gasteiger partial charge on any atom is 0.0522 e. The van der Waals surface area contributed by atoms with E-state index in [4.69, 9.17) is 11.6 Å². The summed E-state index contributed by atoms with van der Waals surface area (Å²) in [6.07, 6.45) is 4.86. The van der Waals surface area contributed by atoms with Crippen molar-refractivity contribution in [1.29, 1.82) is 0 Å². The van der Waals surface area contributed by atoms with Crippen LogP contribution < -0.4 is 5.32 Å². The second-order valence-corrected chi connectivity index (χ2v) is 4.93. The van der Waals surface area contributed by atoms with E-state index in [-0.39, 0.29) is 6.04 Å². The first kappa shape index (κ1) is 13.1. The van der Waals surface area contributed by atoms with Crippen molar-refractivity contribution in [1.82, 2.24) is 15.1 Å². The van der Waals surface area contributed by atoms with E-state index in [9.17, 15) is 0 Å². The number of benzene rings is 1. The van der Waals surface area contributed by atoms with Crippen molar-refractivity contribution in [2.75, 3.05) is 7.05 Å². The van der Waals surface area contributed by atoms with Crippen molar-refractivity contribution in [2.24, 2.45) is 7.05 Å². The Hall–Kier alpha value is -1.32. The highest BCUT2D eigenvalue weighted by Gasteiger charge is 2.14. The van der Waals surface area contributed by atoms with Crippen LogP contribution in [-0.4, -0.2) is 16.8 Å². The van der Waals surface area contributed by atoms with Crippen LogP contribution in [0.3, 0.4) is 0 Å². The van der Waals surface area contributed by atoms with Gasteiger partial charge in [-0.05, 0) is 43.1 Å². The Labute approximate surface area is 113 Å². The number of nitrogens with one attached hydrogen (secondary N) is 1. The third kappa shape index (κ3) is 2.74. The summed E-state index contributed by atoms with van der Waals surface area (Å²) in [6.45, 7) is 2.06. The number of hydrogen-bond donors (Lipinski definition) is 1. The molecule has 3 nitrogen and oxygen atoms in total. The molecule has 0 amide bonds. The van der Waals surface area contributed by atoms with Crippen molar-refractivity contribution in [3.05, 3.63) is 52.3 Å². The molecule has 2 rings (SSSR count). The second-order valence-electron chi connectivity index (χ2n) is 4.52. The van der Waals surface area contributed by atoms with Gasteiger partial charge in [0.2, 0.25) is 0 Å². The third-order valence-corrected chi connectivity index (χ3v) is 3.64. The molecule has 0 radical (unpaired) electrons. The highest BCUT2D eigenvalue weighted by molar-refractivity contribution is 6.31. The molecule has 1 aromatic carbocycles. The molecule has 0 aliphatic carbocycles. The Morgan fingerprint density at radius 3 is 2.83 bits per heavy atom.